The number of aryl methyl sites for hydroxylation is 1. The van der Waals surface area contributed by atoms with Gasteiger partial charge in [-0.3, -0.25) is 0 Å². The first kappa shape index (κ1) is 10.5. The van der Waals surface area contributed by atoms with Crippen LogP contribution >= 0.6 is 22.9 Å². The molecule has 0 atom stereocenters. The first-order valence-electron chi connectivity index (χ1n) is 4.66. The normalized spacial score (nSPS) is 10.3. The van der Waals surface area contributed by atoms with Crippen molar-refractivity contribution in [3.63, 3.8) is 0 Å². The minimum Gasteiger partial charge on any atom is -0.447 e. The highest BCUT2D eigenvalue weighted by molar-refractivity contribution is 7.12. The lowest BCUT2D eigenvalue weighted by molar-refractivity contribution is 0.496. The van der Waals surface area contributed by atoms with Gasteiger partial charge >= 0.3 is 0 Å². The summed E-state index contributed by atoms with van der Waals surface area (Å²) in [7, 11) is 0. The van der Waals surface area contributed by atoms with Crippen molar-refractivity contribution in [1.29, 1.82) is 0 Å². The van der Waals surface area contributed by atoms with Crippen molar-refractivity contribution in [1.82, 2.24) is 0 Å². The molecule has 2 aromatic rings. The summed E-state index contributed by atoms with van der Waals surface area (Å²) in [5, 5.41) is 2.99. The largest absolute Gasteiger partial charge is 0.447 e. The van der Waals surface area contributed by atoms with E-state index in [9.17, 15) is 0 Å². The smallest absolute Gasteiger partial charge is 0.181 e. The molecule has 0 spiro atoms. The van der Waals surface area contributed by atoms with Gasteiger partial charge < -0.3 is 4.74 Å². The maximum absolute atomic E-state index is 5.70. The molecule has 1 aromatic heterocycles. The van der Waals surface area contributed by atoms with Crippen LogP contribution in [0.5, 0.6) is 10.8 Å². The van der Waals surface area contributed by atoms with E-state index in [1.807, 2.05) is 30.3 Å². The number of rotatable bonds is 3. The highest BCUT2D eigenvalue weighted by Gasteiger charge is 1.99. The number of alkyl halides is 1. The van der Waals surface area contributed by atoms with Gasteiger partial charge in [0.25, 0.3) is 0 Å². The van der Waals surface area contributed by atoms with Gasteiger partial charge in [-0.15, -0.1) is 22.9 Å². The zero-order valence-electron chi connectivity index (χ0n) is 8.37. The molecule has 2 rings (SSSR count). The Labute approximate surface area is 98.3 Å². The third-order valence-corrected chi connectivity index (χ3v) is 3.23. The number of ether oxygens (including phenoxy) is 1. The van der Waals surface area contributed by atoms with Crippen molar-refractivity contribution in [2.75, 3.05) is 0 Å². The second-order valence-corrected chi connectivity index (χ2v) is 4.46. The predicted octanol–water partition coefficient (Wildman–Crippen LogP) is 4.59. The van der Waals surface area contributed by atoms with Crippen LogP contribution in [-0.4, -0.2) is 0 Å². The average molecular weight is 239 g/mol. The molecule has 1 heterocycles. The standard InChI is InChI=1S/C12H11ClOS/c1-9-6-12(15-8-9)14-11-4-2-10(7-13)3-5-11/h2-6,8H,7H2,1H3. The summed E-state index contributed by atoms with van der Waals surface area (Å²) in [5.74, 6) is 1.39. The van der Waals surface area contributed by atoms with Crippen molar-refractivity contribution in [3.8, 4) is 10.8 Å². The maximum atomic E-state index is 5.70. The Morgan fingerprint density at radius 2 is 2.00 bits per heavy atom. The molecule has 0 saturated carbocycles. The van der Waals surface area contributed by atoms with E-state index in [0.29, 0.717) is 5.88 Å². The van der Waals surface area contributed by atoms with Crippen LogP contribution in [0.4, 0.5) is 0 Å². The first-order valence-corrected chi connectivity index (χ1v) is 6.07. The molecule has 0 aliphatic rings. The number of hydrogen-bond acceptors (Lipinski definition) is 2. The third kappa shape index (κ3) is 2.74. The SMILES string of the molecule is Cc1csc(Oc2ccc(CCl)cc2)c1. The molecule has 0 unspecified atom stereocenters. The summed E-state index contributed by atoms with van der Waals surface area (Å²) in [6.45, 7) is 2.06. The molecule has 78 valence electrons. The Morgan fingerprint density at radius 1 is 1.27 bits per heavy atom. The van der Waals surface area contributed by atoms with Crippen molar-refractivity contribution in [2.24, 2.45) is 0 Å². The summed E-state index contributed by atoms with van der Waals surface area (Å²) in [5.41, 5.74) is 2.33. The lowest BCUT2D eigenvalue weighted by atomic mass is 10.2. The monoisotopic (exact) mass is 238 g/mol. The van der Waals surface area contributed by atoms with Crippen LogP contribution in [0.3, 0.4) is 0 Å². The summed E-state index contributed by atoms with van der Waals surface area (Å²) in [4.78, 5) is 0. The van der Waals surface area contributed by atoms with E-state index in [1.165, 1.54) is 5.56 Å². The van der Waals surface area contributed by atoms with Gasteiger partial charge in [0.1, 0.15) is 5.75 Å². The molecular weight excluding hydrogens is 228 g/mol. The lowest BCUT2D eigenvalue weighted by Crippen LogP contribution is -1.82. The second-order valence-electron chi connectivity index (χ2n) is 3.32. The molecule has 0 radical (unpaired) electrons. The zero-order valence-corrected chi connectivity index (χ0v) is 9.94. The minimum absolute atomic E-state index is 0.540. The highest BCUT2D eigenvalue weighted by Crippen LogP contribution is 2.28. The molecule has 3 heteroatoms. The summed E-state index contributed by atoms with van der Waals surface area (Å²) in [6.07, 6.45) is 0. The Hall–Kier alpha value is -0.990. The maximum Gasteiger partial charge on any atom is 0.181 e. The van der Waals surface area contributed by atoms with Gasteiger partial charge in [-0.2, -0.15) is 0 Å². The van der Waals surface area contributed by atoms with Gasteiger partial charge in [0.05, 0.1) is 0 Å². The molecule has 0 aliphatic heterocycles. The number of benzene rings is 1. The Morgan fingerprint density at radius 3 is 2.53 bits per heavy atom. The average Bonchev–Trinajstić information content (AvgIpc) is 2.65. The minimum atomic E-state index is 0.540. The Kier molecular flexibility index (Phi) is 3.29. The molecule has 0 aliphatic carbocycles. The van der Waals surface area contributed by atoms with Crippen LogP contribution in [-0.2, 0) is 5.88 Å². The van der Waals surface area contributed by atoms with Gasteiger partial charge in [-0.25, -0.2) is 0 Å². The lowest BCUT2D eigenvalue weighted by Gasteiger charge is -2.02. The van der Waals surface area contributed by atoms with E-state index >= 15 is 0 Å². The summed E-state index contributed by atoms with van der Waals surface area (Å²) >= 11 is 7.31. The van der Waals surface area contributed by atoms with E-state index in [0.717, 1.165) is 16.4 Å². The molecule has 0 saturated heterocycles. The Bertz CT molecular complexity index is 433. The van der Waals surface area contributed by atoms with E-state index in [-0.39, 0.29) is 0 Å². The van der Waals surface area contributed by atoms with Crippen LogP contribution in [0, 0.1) is 6.92 Å². The van der Waals surface area contributed by atoms with Crippen LogP contribution in [0.15, 0.2) is 35.7 Å². The van der Waals surface area contributed by atoms with Crippen LogP contribution in [0.1, 0.15) is 11.1 Å². The number of halogens is 1. The van der Waals surface area contributed by atoms with E-state index < -0.39 is 0 Å². The third-order valence-electron chi connectivity index (χ3n) is 2.00. The van der Waals surface area contributed by atoms with Gasteiger partial charge in [0.2, 0.25) is 0 Å². The van der Waals surface area contributed by atoms with Gasteiger partial charge in [0.15, 0.2) is 5.06 Å². The fraction of sp³-hybridized carbons (Fsp3) is 0.167. The molecule has 1 aromatic carbocycles. The van der Waals surface area contributed by atoms with Crippen molar-refractivity contribution >= 4 is 22.9 Å². The number of thiophene rings is 1. The highest BCUT2D eigenvalue weighted by atomic mass is 35.5. The van der Waals surface area contributed by atoms with Crippen molar-refractivity contribution in [3.05, 3.63) is 46.8 Å². The van der Waals surface area contributed by atoms with Gasteiger partial charge in [-0.05, 0) is 41.6 Å². The molecule has 0 amide bonds. The van der Waals surface area contributed by atoms with Gasteiger partial charge in [0, 0.05) is 5.88 Å². The molecule has 1 nitrogen and oxygen atoms in total. The topological polar surface area (TPSA) is 9.23 Å². The molecule has 0 N–H and O–H groups in total. The van der Waals surface area contributed by atoms with Crippen LogP contribution < -0.4 is 4.74 Å². The number of hydrogen-bond donors (Lipinski definition) is 0. The summed E-state index contributed by atoms with van der Waals surface area (Å²) < 4.78 is 5.67. The molecule has 0 fully saturated rings. The second kappa shape index (κ2) is 4.69. The fourth-order valence-electron chi connectivity index (χ4n) is 1.22. The van der Waals surface area contributed by atoms with Crippen molar-refractivity contribution in [2.45, 2.75) is 12.8 Å². The molecule has 0 bridgehead atoms. The quantitative estimate of drug-likeness (QED) is 0.711. The molecular formula is C12H11ClOS. The predicted molar refractivity (Wildman–Crippen MR) is 65.1 cm³/mol. The van der Waals surface area contributed by atoms with Crippen LogP contribution in [0.2, 0.25) is 0 Å². The van der Waals surface area contributed by atoms with Crippen LogP contribution in [0.25, 0.3) is 0 Å². The van der Waals surface area contributed by atoms with Crippen molar-refractivity contribution < 1.29 is 4.74 Å². The first-order chi connectivity index (χ1) is 7.28. The van der Waals surface area contributed by atoms with E-state index in [4.69, 9.17) is 16.3 Å². The Balaban J connectivity index is 2.11. The summed E-state index contributed by atoms with van der Waals surface area (Å²) in [6, 6.07) is 9.85. The molecule has 15 heavy (non-hydrogen) atoms. The van der Waals surface area contributed by atoms with Gasteiger partial charge in [-0.1, -0.05) is 12.1 Å². The fourth-order valence-corrected chi connectivity index (χ4v) is 2.17. The van der Waals surface area contributed by atoms with E-state index in [2.05, 4.69) is 12.3 Å². The zero-order chi connectivity index (χ0) is 10.7. The van der Waals surface area contributed by atoms with E-state index in [1.54, 1.807) is 11.3 Å².